The van der Waals surface area contributed by atoms with Crippen LogP contribution in [0.2, 0.25) is 5.02 Å². The lowest BCUT2D eigenvalue weighted by Gasteiger charge is -2.04. The van der Waals surface area contributed by atoms with E-state index in [1.165, 1.54) is 18.0 Å². The van der Waals surface area contributed by atoms with Crippen LogP contribution in [0.25, 0.3) is 0 Å². The van der Waals surface area contributed by atoms with Gasteiger partial charge < -0.3 is 5.32 Å². The number of para-hydroxylation sites is 1. The molecule has 0 spiro atoms. The second-order valence-corrected chi connectivity index (χ2v) is 6.17. The number of carbonyl (C=O) groups excluding carboxylic acids is 2. The van der Waals surface area contributed by atoms with Crippen LogP contribution in [0.4, 0.5) is 5.69 Å². The van der Waals surface area contributed by atoms with Crippen LogP contribution < -0.4 is 10.7 Å². The molecule has 2 aromatic rings. The summed E-state index contributed by atoms with van der Waals surface area (Å²) >= 11 is 7.00. The highest BCUT2D eigenvalue weighted by Crippen LogP contribution is 2.08. The molecule has 0 unspecified atom stereocenters. The van der Waals surface area contributed by atoms with Crippen LogP contribution in [0.5, 0.6) is 0 Å². The van der Waals surface area contributed by atoms with E-state index in [2.05, 4.69) is 15.8 Å². The number of nitrogens with one attached hydrogen (secondary N) is 2. The Hall–Kier alpha value is -2.31. The van der Waals surface area contributed by atoms with Gasteiger partial charge in [0, 0.05) is 10.7 Å². The highest BCUT2D eigenvalue weighted by molar-refractivity contribution is 8.00. The summed E-state index contributed by atoms with van der Waals surface area (Å²) in [5.74, 6) is -0.0648. The molecule has 0 fully saturated rings. The van der Waals surface area contributed by atoms with E-state index in [0.717, 1.165) is 11.3 Å². The number of benzene rings is 2. The summed E-state index contributed by atoms with van der Waals surface area (Å²) < 4.78 is 0. The fourth-order valence-electron chi connectivity index (χ4n) is 1.71. The Balaban J connectivity index is 1.64. The van der Waals surface area contributed by atoms with Gasteiger partial charge in [-0.1, -0.05) is 41.9 Å². The summed E-state index contributed by atoms with van der Waals surface area (Å²) in [6.45, 7) is 0. The largest absolute Gasteiger partial charge is 0.325 e. The number of hydrogen-bond donors (Lipinski definition) is 2. The first-order valence-corrected chi connectivity index (χ1v) is 8.67. The maximum absolute atomic E-state index is 11.7. The third-order valence-electron chi connectivity index (χ3n) is 2.80. The summed E-state index contributed by atoms with van der Waals surface area (Å²) in [7, 11) is 0. The molecule has 2 rings (SSSR count). The van der Waals surface area contributed by atoms with Crippen LogP contribution in [-0.4, -0.2) is 29.5 Å². The minimum Gasteiger partial charge on any atom is -0.325 e. The zero-order valence-corrected chi connectivity index (χ0v) is 14.3. The van der Waals surface area contributed by atoms with Crippen LogP contribution >= 0.6 is 23.4 Å². The van der Waals surface area contributed by atoms with Gasteiger partial charge in [0.2, 0.25) is 11.8 Å². The average Bonchev–Trinajstić information content (AvgIpc) is 2.57. The normalized spacial score (nSPS) is 10.5. The summed E-state index contributed by atoms with van der Waals surface area (Å²) in [6.07, 6.45) is 1.53. The molecule has 5 nitrogen and oxygen atoms in total. The predicted molar refractivity (Wildman–Crippen MR) is 99.6 cm³/mol. The number of carbonyl (C=O) groups is 2. The van der Waals surface area contributed by atoms with Gasteiger partial charge in [-0.05, 0) is 29.8 Å². The Bertz CT molecular complexity index is 706. The Morgan fingerprint density at radius 1 is 1.00 bits per heavy atom. The quantitative estimate of drug-likeness (QED) is 0.587. The second-order valence-electron chi connectivity index (χ2n) is 4.75. The Labute approximate surface area is 149 Å². The monoisotopic (exact) mass is 361 g/mol. The van der Waals surface area contributed by atoms with Crippen LogP contribution in [0.1, 0.15) is 5.56 Å². The van der Waals surface area contributed by atoms with Crippen molar-refractivity contribution >= 4 is 47.1 Å². The van der Waals surface area contributed by atoms with Gasteiger partial charge in [0.1, 0.15) is 0 Å². The Morgan fingerprint density at radius 3 is 2.38 bits per heavy atom. The molecule has 0 aromatic heterocycles. The van der Waals surface area contributed by atoms with Gasteiger partial charge in [-0.2, -0.15) is 5.10 Å². The lowest BCUT2D eigenvalue weighted by Crippen LogP contribution is -2.21. The third kappa shape index (κ3) is 6.85. The van der Waals surface area contributed by atoms with Crippen LogP contribution in [-0.2, 0) is 9.59 Å². The van der Waals surface area contributed by atoms with Gasteiger partial charge >= 0.3 is 0 Å². The summed E-state index contributed by atoms with van der Waals surface area (Å²) in [4.78, 5) is 23.3. The maximum Gasteiger partial charge on any atom is 0.250 e. The van der Waals surface area contributed by atoms with Gasteiger partial charge in [0.05, 0.1) is 17.7 Å². The van der Waals surface area contributed by atoms with E-state index >= 15 is 0 Å². The molecule has 2 aromatic carbocycles. The van der Waals surface area contributed by atoms with Crippen molar-refractivity contribution in [2.75, 3.05) is 16.8 Å². The van der Waals surface area contributed by atoms with Crippen LogP contribution in [0.15, 0.2) is 59.7 Å². The molecule has 0 heterocycles. The van der Waals surface area contributed by atoms with E-state index < -0.39 is 0 Å². The number of halogens is 1. The molecule has 0 aliphatic carbocycles. The first-order valence-electron chi connectivity index (χ1n) is 7.13. The molecule has 0 bridgehead atoms. The lowest BCUT2D eigenvalue weighted by atomic mass is 10.2. The smallest absolute Gasteiger partial charge is 0.250 e. The van der Waals surface area contributed by atoms with E-state index in [1.807, 2.05) is 18.2 Å². The van der Waals surface area contributed by atoms with Gasteiger partial charge in [0.15, 0.2) is 0 Å². The number of amides is 2. The Morgan fingerprint density at radius 2 is 1.67 bits per heavy atom. The standard InChI is InChI=1S/C17H16ClN3O2S/c18-14-8-6-13(7-9-14)10-19-21-17(23)12-24-11-16(22)20-15-4-2-1-3-5-15/h1-10H,11-12H2,(H,20,22)(H,21,23). The van der Waals surface area contributed by atoms with Gasteiger partial charge in [0.25, 0.3) is 0 Å². The van der Waals surface area contributed by atoms with E-state index in [9.17, 15) is 9.59 Å². The topological polar surface area (TPSA) is 70.6 Å². The minimum atomic E-state index is -0.266. The fraction of sp³-hybridized carbons (Fsp3) is 0.118. The number of hydrogen-bond acceptors (Lipinski definition) is 4. The van der Waals surface area contributed by atoms with Gasteiger partial charge in [-0.25, -0.2) is 5.43 Å². The van der Waals surface area contributed by atoms with Crippen molar-refractivity contribution in [2.45, 2.75) is 0 Å². The highest BCUT2D eigenvalue weighted by Gasteiger charge is 2.05. The average molecular weight is 362 g/mol. The molecule has 0 atom stereocenters. The van der Waals surface area contributed by atoms with Crippen molar-refractivity contribution in [1.29, 1.82) is 0 Å². The molecule has 7 heteroatoms. The van der Waals surface area contributed by atoms with Gasteiger partial charge in [-0.15, -0.1) is 11.8 Å². The van der Waals surface area contributed by atoms with Crippen molar-refractivity contribution in [3.05, 3.63) is 65.2 Å². The van der Waals surface area contributed by atoms with E-state index in [0.29, 0.717) is 5.02 Å². The van der Waals surface area contributed by atoms with E-state index in [4.69, 9.17) is 11.6 Å². The first-order chi connectivity index (χ1) is 11.6. The van der Waals surface area contributed by atoms with Crippen molar-refractivity contribution < 1.29 is 9.59 Å². The molecule has 0 saturated carbocycles. The predicted octanol–water partition coefficient (Wildman–Crippen LogP) is 3.16. The zero-order chi connectivity index (χ0) is 17.2. The van der Waals surface area contributed by atoms with Crippen LogP contribution in [0, 0.1) is 0 Å². The zero-order valence-electron chi connectivity index (χ0n) is 12.7. The number of thioether (sulfide) groups is 1. The second kappa shape index (κ2) is 9.75. The summed E-state index contributed by atoms with van der Waals surface area (Å²) in [5.41, 5.74) is 3.98. The SMILES string of the molecule is O=C(CSCC(=O)Nc1ccccc1)NN=Cc1ccc(Cl)cc1. The molecule has 0 aliphatic heterocycles. The van der Waals surface area contributed by atoms with Gasteiger partial charge in [-0.3, -0.25) is 9.59 Å². The number of hydrazone groups is 1. The third-order valence-corrected chi connectivity index (χ3v) is 3.98. The van der Waals surface area contributed by atoms with Crippen molar-refractivity contribution in [2.24, 2.45) is 5.10 Å². The molecule has 2 N–H and O–H groups in total. The van der Waals surface area contributed by atoms with E-state index in [1.54, 1.807) is 36.4 Å². The van der Waals surface area contributed by atoms with Crippen molar-refractivity contribution in [3.8, 4) is 0 Å². The molecule has 0 saturated heterocycles. The van der Waals surface area contributed by atoms with Crippen molar-refractivity contribution in [3.63, 3.8) is 0 Å². The maximum atomic E-state index is 11.7. The molecule has 0 aliphatic rings. The number of anilines is 1. The molecule has 124 valence electrons. The van der Waals surface area contributed by atoms with Crippen molar-refractivity contribution in [1.82, 2.24) is 5.43 Å². The molecule has 2 amide bonds. The highest BCUT2D eigenvalue weighted by atomic mass is 35.5. The molecule has 0 radical (unpaired) electrons. The Kier molecular flexibility index (Phi) is 7.32. The molecule has 24 heavy (non-hydrogen) atoms. The van der Waals surface area contributed by atoms with Crippen LogP contribution in [0.3, 0.4) is 0 Å². The molecular weight excluding hydrogens is 346 g/mol. The minimum absolute atomic E-state index is 0.149. The number of nitrogens with zero attached hydrogens (tertiary/aromatic N) is 1. The first kappa shape index (κ1) is 18.0. The molecular formula is C17H16ClN3O2S. The fourth-order valence-corrected chi connectivity index (χ4v) is 2.45. The lowest BCUT2D eigenvalue weighted by molar-refractivity contribution is -0.118. The summed E-state index contributed by atoms with van der Waals surface area (Å²) in [6, 6.07) is 16.2. The summed E-state index contributed by atoms with van der Waals surface area (Å²) in [5, 5.41) is 7.25. The number of rotatable bonds is 7. The van der Waals surface area contributed by atoms with E-state index in [-0.39, 0.29) is 23.3 Å².